The Bertz CT molecular complexity index is 737. The molecule has 0 bridgehead atoms. The fourth-order valence-electron chi connectivity index (χ4n) is 3.89. The third-order valence-corrected chi connectivity index (χ3v) is 5.38. The Hall–Kier alpha value is -2.46. The maximum Gasteiger partial charge on any atom is 0.237 e. The number of nitrogens with two attached hydrogens (primary N) is 1. The van der Waals surface area contributed by atoms with Crippen molar-refractivity contribution in [2.45, 2.75) is 43.6 Å². The van der Waals surface area contributed by atoms with Gasteiger partial charge in [-0.25, -0.2) is 0 Å². The largest absolute Gasteiger partial charge is 0.348 e. The van der Waals surface area contributed by atoms with E-state index in [-0.39, 0.29) is 18.2 Å². The Kier molecular flexibility index (Phi) is 5.84. The Morgan fingerprint density at radius 1 is 0.962 bits per heavy atom. The van der Waals surface area contributed by atoms with Gasteiger partial charge in [-0.05, 0) is 30.4 Å². The van der Waals surface area contributed by atoms with Crippen molar-refractivity contribution in [1.82, 2.24) is 5.32 Å². The predicted octanol–water partition coefficient (Wildman–Crippen LogP) is 2.75. The maximum atomic E-state index is 13.0. The highest BCUT2D eigenvalue weighted by molar-refractivity contribution is 5.95. The minimum atomic E-state index is -0.651. The van der Waals surface area contributed by atoms with Crippen molar-refractivity contribution in [3.63, 3.8) is 0 Å². The number of nitrogens with one attached hydrogen (secondary N) is 1. The minimum Gasteiger partial charge on any atom is -0.348 e. The van der Waals surface area contributed by atoms with E-state index in [4.69, 9.17) is 5.73 Å². The van der Waals surface area contributed by atoms with Crippen LogP contribution in [0.25, 0.3) is 0 Å². The molecule has 0 aromatic heterocycles. The number of amides is 1. The third-order valence-electron chi connectivity index (χ3n) is 5.38. The molecule has 1 saturated carbocycles. The summed E-state index contributed by atoms with van der Waals surface area (Å²) >= 11 is 0. The Labute approximate surface area is 154 Å². The van der Waals surface area contributed by atoms with Crippen LogP contribution in [0.15, 0.2) is 60.7 Å². The molecule has 3 N–H and O–H groups in total. The fraction of sp³-hybridized carbons (Fsp3) is 0.364. The van der Waals surface area contributed by atoms with E-state index >= 15 is 0 Å². The van der Waals surface area contributed by atoms with Crippen molar-refractivity contribution in [1.29, 1.82) is 0 Å². The van der Waals surface area contributed by atoms with Gasteiger partial charge in [0.1, 0.15) is 0 Å². The van der Waals surface area contributed by atoms with Crippen LogP contribution >= 0.6 is 0 Å². The summed E-state index contributed by atoms with van der Waals surface area (Å²) in [4.78, 5) is 25.3. The molecule has 4 nitrogen and oxygen atoms in total. The number of hydrogen-bond donors (Lipinski definition) is 2. The van der Waals surface area contributed by atoms with Gasteiger partial charge in [0, 0.05) is 0 Å². The minimum absolute atomic E-state index is 0.0379. The van der Waals surface area contributed by atoms with Crippen LogP contribution in [0.2, 0.25) is 0 Å². The smallest absolute Gasteiger partial charge is 0.237 e. The molecule has 2 aromatic carbocycles. The van der Waals surface area contributed by atoms with Crippen molar-refractivity contribution in [3.05, 3.63) is 71.8 Å². The van der Waals surface area contributed by atoms with Crippen LogP contribution in [-0.4, -0.2) is 24.3 Å². The van der Waals surface area contributed by atoms with E-state index in [9.17, 15) is 9.59 Å². The highest BCUT2D eigenvalue weighted by atomic mass is 16.2. The quantitative estimate of drug-likeness (QED) is 0.806. The van der Waals surface area contributed by atoms with Crippen molar-refractivity contribution in [2.75, 3.05) is 6.54 Å². The first-order valence-electron chi connectivity index (χ1n) is 9.28. The number of Topliss-reactive ketones (excluding diaryl/α,β-unsaturated/α-hetero) is 1. The SMILES string of the molecule is N[C@@H](Cc1ccccc1)C(=O)NCC(=O)C1(c2ccccc2)CCCC1. The summed E-state index contributed by atoms with van der Waals surface area (Å²) in [7, 11) is 0. The number of carbonyl (C=O) groups is 2. The van der Waals surface area contributed by atoms with Crippen molar-refractivity contribution < 1.29 is 9.59 Å². The van der Waals surface area contributed by atoms with Gasteiger partial charge in [0.2, 0.25) is 5.91 Å². The third kappa shape index (κ3) is 4.02. The van der Waals surface area contributed by atoms with Crippen molar-refractivity contribution in [3.8, 4) is 0 Å². The molecule has 0 aliphatic heterocycles. The van der Waals surface area contributed by atoms with Gasteiger partial charge in [-0.15, -0.1) is 0 Å². The average molecular weight is 350 g/mol. The van der Waals surface area contributed by atoms with E-state index in [2.05, 4.69) is 5.32 Å². The molecule has 0 spiro atoms. The lowest BCUT2D eigenvalue weighted by Gasteiger charge is -2.28. The number of rotatable bonds is 7. The molecule has 0 unspecified atom stereocenters. The summed E-state index contributed by atoms with van der Waals surface area (Å²) in [5.74, 6) is -0.190. The van der Waals surface area contributed by atoms with Crippen LogP contribution in [0.3, 0.4) is 0 Å². The molecule has 26 heavy (non-hydrogen) atoms. The molecular formula is C22H26N2O2. The molecule has 1 fully saturated rings. The zero-order valence-corrected chi connectivity index (χ0v) is 15.0. The average Bonchev–Trinajstić information content (AvgIpc) is 3.18. The Morgan fingerprint density at radius 2 is 1.54 bits per heavy atom. The zero-order chi connectivity index (χ0) is 18.4. The molecule has 1 amide bonds. The molecule has 2 aromatic rings. The molecule has 0 heterocycles. The highest BCUT2D eigenvalue weighted by Gasteiger charge is 2.42. The van der Waals surface area contributed by atoms with Crippen molar-refractivity contribution >= 4 is 11.7 Å². The first kappa shape index (κ1) is 18.3. The van der Waals surface area contributed by atoms with Gasteiger partial charge in [0.25, 0.3) is 0 Å². The number of hydrogen-bond acceptors (Lipinski definition) is 3. The van der Waals surface area contributed by atoms with Gasteiger partial charge in [0.15, 0.2) is 5.78 Å². The second kappa shape index (κ2) is 8.28. The fourth-order valence-corrected chi connectivity index (χ4v) is 3.89. The molecule has 1 aliphatic rings. The summed E-state index contributed by atoms with van der Waals surface area (Å²) in [5, 5.41) is 2.76. The second-order valence-corrected chi connectivity index (χ2v) is 7.09. The van der Waals surface area contributed by atoms with Crippen LogP contribution in [0.4, 0.5) is 0 Å². The molecule has 136 valence electrons. The van der Waals surface area contributed by atoms with Gasteiger partial charge in [-0.2, -0.15) is 0 Å². The van der Waals surface area contributed by atoms with Crippen LogP contribution in [0.1, 0.15) is 36.8 Å². The molecule has 0 saturated heterocycles. The first-order valence-corrected chi connectivity index (χ1v) is 9.28. The number of benzene rings is 2. The first-order chi connectivity index (χ1) is 12.6. The lowest BCUT2D eigenvalue weighted by molar-refractivity contribution is -0.128. The van der Waals surface area contributed by atoms with Crippen LogP contribution in [0.5, 0.6) is 0 Å². The molecule has 0 radical (unpaired) electrons. The molecule has 1 atom stereocenters. The second-order valence-electron chi connectivity index (χ2n) is 7.09. The summed E-state index contributed by atoms with van der Waals surface area (Å²) in [6.45, 7) is 0.0379. The monoisotopic (exact) mass is 350 g/mol. The molecular weight excluding hydrogens is 324 g/mol. The van der Waals surface area contributed by atoms with Crippen LogP contribution in [-0.2, 0) is 21.4 Å². The maximum absolute atomic E-state index is 13.0. The van der Waals surface area contributed by atoms with Gasteiger partial charge in [0.05, 0.1) is 18.0 Å². The lowest BCUT2D eigenvalue weighted by Crippen LogP contribution is -2.47. The van der Waals surface area contributed by atoms with E-state index in [0.29, 0.717) is 6.42 Å². The summed E-state index contributed by atoms with van der Waals surface area (Å²) in [5.41, 5.74) is 7.62. The van der Waals surface area contributed by atoms with E-state index in [1.165, 1.54) is 0 Å². The number of ketones is 1. The van der Waals surface area contributed by atoms with Gasteiger partial charge in [-0.3, -0.25) is 9.59 Å². The van der Waals surface area contributed by atoms with Gasteiger partial charge < -0.3 is 11.1 Å². The van der Waals surface area contributed by atoms with E-state index in [1.807, 2.05) is 60.7 Å². The molecule has 4 heteroatoms. The topological polar surface area (TPSA) is 72.2 Å². The Balaban J connectivity index is 1.61. The van der Waals surface area contributed by atoms with Crippen LogP contribution in [0, 0.1) is 0 Å². The Morgan fingerprint density at radius 3 is 2.15 bits per heavy atom. The predicted molar refractivity (Wildman–Crippen MR) is 103 cm³/mol. The normalized spacial score (nSPS) is 16.8. The van der Waals surface area contributed by atoms with Gasteiger partial charge in [-0.1, -0.05) is 73.5 Å². The van der Waals surface area contributed by atoms with E-state index < -0.39 is 11.5 Å². The van der Waals surface area contributed by atoms with Crippen molar-refractivity contribution in [2.24, 2.45) is 5.73 Å². The molecule has 1 aliphatic carbocycles. The standard InChI is InChI=1S/C22H26N2O2/c23-19(15-17-9-3-1-4-10-17)21(26)24-16-20(25)22(13-7-8-14-22)18-11-5-2-6-12-18/h1-6,9-12,19H,7-8,13-16,23H2,(H,24,26)/t19-/m0/s1. The highest BCUT2D eigenvalue weighted by Crippen LogP contribution is 2.41. The van der Waals surface area contributed by atoms with E-state index in [1.54, 1.807) is 0 Å². The summed E-state index contributed by atoms with van der Waals surface area (Å²) < 4.78 is 0. The van der Waals surface area contributed by atoms with Crippen LogP contribution < -0.4 is 11.1 Å². The summed E-state index contributed by atoms with van der Waals surface area (Å²) in [6.07, 6.45) is 4.25. The zero-order valence-electron chi connectivity index (χ0n) is 15.0. The van der Waals surface area contributed by atoms with Gasteiger partial charge >= 0.3 is 0 Å². The molecule has 3 rings (SSSR count). The van der Waals surface area contributed by atoms with E-state index in [0.717, 1.165) is 36.8 Å². The number of carbonyl (C=O) groups excluding carboxylic acids is 2. The summed E-state index contributed by atoms with van der Waals surface area (Å²) in [6, 6.07) is 19.0. The lowest BCUT2D eigenvalue weighted by atomic mass is 9.75.